The van der Waals surface area contributed by atoms with Crippen molar-refractivity contribution in [2.45, 2.75) is 25.8 Å². The van der Waals surface area contributed by atoms with Crippen LogP contribution in [-0.4, -0.2) is 12.6 Å². The normalized spacial score (nSPS) is 20.6. The third kappa shape index (κ3) is 1.68. The van der Waals surface area contributed by atoms with Crippen LogP contribution >= 0.6 is 0 Å². The Labute approximate surface area is 79.1 Å². The van der Waals surface area contributed by atoms with Gasteiger partial charge in [0.25, 0.3) is 0 Å². The fourth-order valence-corrected chi connectivity index (χ4v) is 1.78. The van der Waals surface area contributed by atoms with Gasteiger partial charge in [0.2, 0.25) is 0 Å². The molecule has 2 rings (SSSR count). The van der Waals surface area contributed by atoms with Crippen molar-refractivity contribution in [2.24, 2.45) is 5.73 Å². The maximum atomic E-state index is 5.86. The summed E-state index contributed by atoms with van der Waals surface area (Å²) in [6, 6.07) is 6.90. The molecule has 2 heteroatoms. The van der Waals surface area contributed by atoms with Crippen LogP contribution in [0.4, 0.5) is 5.69 Å². The summed E-state index contributed by atoms with van der Waals surface area (Å²) in [5.74, 6) is 0. The van der Waals surface area contributed by atoms with Crippen LogP contribution in [0.2, 0.25) is 0 Å². The zero-order valence-corrected chi connectivity index (χ0v) is 8.01. The SMILES string of the molecule is CCc1ccc2c(c1)NC[C@H](N)C2. The minimum atomic E-state index is 0.278. The molecular weight excluding hydrogens is 160 g/mol. The van der Waals surface area contributed by atoms with Crippen LogP contribution in [0.15, 0.2) is 18.2 Å². The van der Waals surface area contributed by atoms with Crippen LogP contribution in [0.3, 0.4) is 0 Å². The van der Waals surface area contributed by atoms with Gasteiger partial charge in [-0.15, -0.1) is 0 Å². The Balaban J connectivity index is 2.31. The van der Waals surface area contributed by atoms with Crippen molar-refractivity contribution >= 4 is 5.69 Å². The van der Waals surface area contributed by atoms with Gasteiger partial charge in [0.05, 0.1) is 0 Å². The molecule has 0 amide bonds. The molecule has 0 aliphatic carbocycles. The lowest BCUT2D eigenvalue weighted by molar-refractivity contribution is 0.679. The first kappa shape index (κ1) is 8.57. The first-order valence-corrected chi connectivity index (χ1v) is 4.91. The van der Waals surface area contributed by atoms with Crippen molar-refractivity contribution < 1.29 is 0 Å². The lowest BCUT2D eigenvalue weighted by Gasteiger charge is -2.23. The van der Waals surface area contributed by atoms with E-state index in [-0.39, 0.29) is 6.04 Å². The first-order chi connectivity index (χ1) is 6.29. The third-order valence-electron chi connectivity index (χ3n) is 2.62. The second-order valence-corrected chi connectivity index (χ2v) is 3.69. The molecule has 3 N–H and O–H groups in total. The zero-order chi connectivity index (χ0) is 9.26. The molecule has 0 saturated carbocycles. The molecule has 0 saturated heterocycles. The van der Waals surface area contributed by atoms with E-state index in [1.165, 1.54) is 16.8 Å². The number of benzene rings is 1. The highest BCUT2D eigenvalue weighted by atomic mass is 14.9. The maximum Gasteiger partial charge on any atom is 0.0376 e. The van der Waals surface area contributed by atoms with Crippen molar-refractivity contribution in [3.63, 3.8) is 0 Å². The van der Waals surface area contributed by atoms with Crippen LogP contribution in [-0.2, 0) is 12.8 Å². The van der Waals surface area contributed by atoms with Gasteiger partial charge >= 0.3 is 0 Å². The fraction of sp³-hybridized carbons (Fsp3) is 0.455. The molecule has 1 aliphatic heterocycles. The predicted molar refractivity (Wildman–Crippen MR) is 56.0 cm³/mol. The van der Waals surface area contributed by atoms with Crippen LogP contribution in [0, 0.1) is 0 Å². The molecule has 13 heavy (non-hydrogen) atoms. The molecule has 1 aromatic carbocycles. The van der Waals surface area contributed by atoms with E-state index in [4.69, 9.17) is 5.73 Å². The number of anilines is 1. The van der Waals surface area contributed by atoms with E-state index in [2.05, 4.69) is 30.4 Å². The van der Waals surface area contributed by atoms with Gasteiger partial charge in [0, 0.05) is 18.3 Å². The summed E-state index contributed by atoms with van der Waals surface area (Å²) in [5, 5.41) is 3.36. The molecular formula is C11H16N2. The van der Waals surface area contributed by atoms with E-state index in [9.17, 15) is 0 Å². The van der Waals surface area contributed by atoms with Crippen molar-refractivity contribution in [1.29, 1.82) is 0 Å². The smallest absolute Gasteiger partial charge is 0.0376 e. The second kappa shape index (κ2) is 3.38. The number of hydrogen-bond donors (Lipinski definition) is 2. The summed E-state index contributed by atoms with van der Waals surface area (Å²) in [4.78, 5) is 0. The van der Waals surface area contributed by atoms with Crippen LogP contribution in [0.1, 0.15) is 18.1 Å². The Bertz CT molecular complexity index is 307. The molecule has 0 bridgehead atoms. The molecule has 1 atom stereocenters. The van der Waals surface area contributed by atoms with Crippen molar-refractivity contribution in [2.75, 3.05) is 11.9 Å². The van der Waals surface area contributed by atoms with Gasteiger partial charge in [-0.05, 0) is 30.0 Å². The van der Waals surface area contributed by atoms with Crippen LogP contribution in [0.25, 0.3) is 0 Å². The summed E-state index contributed by atoms with van der Waals surface area (Å²) in [7, 11) is 0. The van der Waals surface area contributed by atoms with Crippen molar-refractivity contribution in [1.82, 2.24) is 0 Å². The van der Waals surface area contributed by atoms with Crippen molar-refractivity contribution in [3.05, 3.63) is 29.3 Å². The average Bonchev–Trinajstić information content (AvgIpc) is 2.17. The Hall–Kier alpha value is -1.02. The van der Waals surface area contributed by atoms with E-state index in [0.717, 1.165) is 19.4 Å². The summed E-state index contributed by atoms with van der Waals surface area (Å²) >= 11 is 0. The number of nitrogens with two attached hydrogens (primary N) is 1. The largest absolute Gasteiger partial charge is 0.383 e. The molecule has 1 aliphatic rings. The van der Waals surface area contributed by atoms with Gasteiger partial charge in [-0.1, -0.05) is 19.1 Å². The molecule has 0 spiro atoms. The molecule has 0 fully saturated rings. The third-order valence-corrected chi connectivity index (χ3v) is 2.62. The van der Waals surface area contributed by atoms with E-state index < -0.39 is 0 Å². The monoisotopic (exact) mass is 176 g/mol. The van der Waals surface area contributed by atoms with Gasteiger partial charge in [0.1, 0.15) is 0 Å². The quantitative estimate of drug-likeness (QED) is 0.681. The summed E-state index contributed by atoms with van der Waals surface area (Å²) in [6.07, 6.45) is 2.10. The molecule has 70 valence electrons. The Morgan fingerprint density at radius 3 is 3.15 bits per heavy atom. The average molecular weight is 176 g/mol. The maximum absolute atomic E-state index is 5.86. The van der Waals surface area contributed by atoms with Gasteiger partial charge in [-0.25, -0.2) is 0 Å². The minimum absolute atomic E-state index is 0.278. The molecule has 2 nitrogen and oxygen atoms in total. The number of rotatable bonds is 1. The van der Waals surface area contributed by atoms with Crippen LogP contribution < -0.4 is 11.1 Å². The number of nitrogens with one attached hydrogen (secondary N) is 1. The molecule has 0 radical (unpaired) electrons. The Morgan fingerprint density at radius 1 is 1.54 bits per heavy atom. The predicted octanol–water partition coefficient (Wildman–Crippen LogP) is 1.54. The minimum Gasteiger partial charge on any atom is -0.383 e. The van der Waals surface area contributed by atoms with Gasteiger partial charge in [-0.2, -0.15) is 0 Å². The second-order valence-electron chi connectivity index (χ2n) is 3.69. The number of aryl methyl sites for hydroxylation is 1. The fourth-order valence-electron chi connectivity index (χ4n) is 1.78. The highest BCUT2D eigenvalue weighted by Crippen LogP contribution is 2.22. The molecule has 0 unspecified atom stereocenters. The van der Waals surface area contributed by atoms with Crippen LogP contribution in [0.5, 0.6) is 0 Å². The molecule has 1 aromatic rings. The van der Waals surface area contributed by atoms with Gasteiger partial charge < -0.3 is 11.1 Å². The summed E-state index contributed by atoms with van der Waals surface area (Å²) in [6.45, 7) is 3.08. The van der Waals surface area contributed by atoms with Gasteiger partial charge in [-0.3, -0.25) is 0 Å². The van der Waals surface area contributed by atoms with E-state index >= 15 is 0 Å². The number of hydrogen-bond acceptors (Lipinski definition) is 2. The van der Waals surface area contributed by atoms with Gasteiger partial charge in [0.15, 0.2) is 0 Å². The lowest BCUT2D eigenvalue weighted by atomic mass is 9.98. The Morgan fingerprint density at radius 2 is 2.38 bits per heavy atom. The molecule has 1 heterocycles. The number of fused-ring (bicyclic) bond motifs is 1. The summed E-state index contributed by atoms with van der Waals surface area (Å²) < 4.78 is 0. The zero-order valence-electron chi connectivity index (χ0n) is 8.01. The molecule has 0 aromatic heterocycles. The highest BCUT2D eigenvalue weighted by molar-refractivity contribution is 5.55. The van der Waals surface area contributed by atoms with E-state index in [0.29, 0.717) is 0 Å². The lowest BCUT2D eigenvalue weighted by Crippen LogP contribution is -2.35. The summed E-state index contributed by atoms with van der Waals surface area (Å²) in [5.41, 5.74) is 9.88. The first-order valence-electron chi connectivity index (χ1n) is 4.91. The van der Waals surface area contributed by atoms with E-state index in [1.807, 2.05) is 0 Å². The van der Waals surface area contributed by atoms with Crippen molar-refractivity contribution in [3.8, 4) is 0 Å². The highest BCUT2D eigenvalue weighted by Gasteiger charge is 2.14. The topological polar surface area (TPSA) is 38.0 Å². The standard InChI is InChI=1S/C11H16N2/c1-2-8-3-4-9-6-10(12)7-13-11(9)5-8/h3-5,10,13H,2,6-7,12H2,1H3/t10-/m1/s1. The Kier molecular flexibility index (Phi) is 2.23. The van der Waals surface area contributed by atoms with E-state index in [1.54, 1.807) is 0 Å².